The van der Waals surface area contributed by atoms with Crippen LogP contribution in [0.15, 0.2) is 0 Å². The predicted molar refractivity (Wildman–Crippen MR) is 73.4 cm³/mol. The molecule has 1 aromatic heterocycles. The molecule has 1 atom stereocenters. The molecule has 0 aliphatic carbocycles. The molecular formula is C14H21N3O2. The van der Waals surface area contributed by atoms with Crippen LogP contribution in [-0.2, 0) is 0 Å². The molecule has 2 rings (SSSR count). The van der Waals surface area contributed by atoms with Gasteiger partial charge in [-0.3, -0.25) is 9.59 Å². The summed E-state index contributed by atoms with van der Waals surface area (Å²) in [7, 11) is 0. The standard InChI is InChI=1S/C14H21N3O2/c1-8-12(10(3)18)9(2)16-13(8)14(19)17-6-4-5-11(15)7-17/h11,16H,4-7,15H2,1-3H3. The number of H-pyrrole nitrogens is 1. The molecule has 0 aromatic carbocycles. The molecule has 1 aliphatic rings. The number of nitrogens with one attached hydrogen (secondary N) is 1. The fourth-order valence-electron chi connectivity index (χ4n) is 2.84. The summed E-state index contributed by atoms with van der Waals surface area (Å²) in [6.07, 6.45) is 1.90. The largest absolute Gasteiger partial charge is 0.354 e. The molecule has 1 amide bonds. The van der Waals surface area contributed by atoms with Crippen molar-refractivity contribution < 1.29 is 9.59 Å². The van der Waals surface area contributed by atoms with Crippen LogP contribution < -0.4 is 5.73 Å². The third-order valence-corrected chi connectivity index (χ3v) is 3.75. The summed E-state index contributed by atoms with van der Waals surface area (Å²) in [5.74, 6) is -0.0658. The number of rotatable bonds is 2. The minimum absolute atomic E-state index is 0.0133. The Morgan fingerprint density at radius 1 is 1.37 bits per heavy atom. The number of piperidine rings is 1. The van der Waals surface area contributed by atoms with Crippen molar-refractivity contribution in [1.29, 1.82) is 0 Å². The molecule has 0 saturated carbocycles. The summed E-state index contributed by atoms with van der Waals surface area (Å²) in [5, 5.41) is 0. The number of likely N-dealkylation sites (tertiary alicyclic amines) is 1. The quantitative estimate of drug-likeness (QED) is 0.791. The average Bonchev–Trinajstić information content (AvgIpc) is 2.63. The molecule has 1 saturated heterocycles. The molecule has 3 N–H and O–H groups in total. The molecule has 1 aliphatic heterocycles. The van der Waals surface area contributed by atoms with Crippen molar-refractivity contribution in [2.24, 2.45) is 5.73 Å². The van der Waals surface area contributed by atoms with E-state index >= 15 is 0 Å². The van der Waals surface area contributed by atoms with Gasteiger partial charge in [-0.05, 0) is 39.2 Å². The number of aryl methyl sites for hydroxylation is 1. The molecule has 5 nitrogen and oxygen atoms in total. The first-order valence-corrected chi connectivity index (χ1v) is 6.66. The third-order valence-electron chi connectivity index (χ3n) is 3.75. The Bertz CT molecular complexity index is 519. The first-order valence-electron chi connectivity index (χ1n) is 6.66. The second kappa shape index (κ2) is 5.17. The number of nitrogens with two attached hydrogens (primary N) is 1. The fourth-order valence-corrected chi connectivity index (χ4v) is 2.84. The number of hydrogen-bond acceptors (Lipinski definition) is 3. The highest BCUT2D eigenvalue weighted by Crippen LogP contribution is 2.21. The van der Waals surface area contributed by atoms with Crippen LogP contribution in [0, 0.1) is 13.8 Å². The summed E-state index contributed by atoms with van der Waals surface area (Å²) in [6, 6.07) is 0.0568. The molecule has 19 heavy (non-hydrogen) atoms. The average molecular weight is 263 g/mol. The molecule has 0 spiro atoms. The van der Waals surface area contributed by atoms with Crippen LogP contribution in [0.3, 0.4) is 0 Å². The summed E-state index contributed by atoms with van der Waals surface area (Å²) in [6.45, 7) is 6.49. The van der Waals surface area contributed by atoms with Crippen LogP contribution in [0.25, 0.3) is 0 Å². The van der Waals surface area contributed by atoms with Crippen LogP contribution >= 0.6 is 0 Å². The van der Waals surface area contributed by atoms with Crippen LogP contribution in [0.5, 0.6) is 0 Å². The van der Waals surface area contributed by atoms with Gasteiger partial charge in [0, 0.05) is 30.4 Å². The Labute approximate surface area is 113 Å². The topological polar surface area (TPSA) is 79.2 Å². The van der Waals surface area contributed by atoms with Crippen molar-refractivity contribution in [1.82, 2.24) is 9.88 Å². The molecule has 0 bridgehead atoms. The van der Waals surface area contributed by atoms with E-state index in [-0.39, 0.29) is 17.7 Å². The number of aromatic amines is 1. The van der Waals surface area contributed by atoms with Crippen molar-refractivity contribution in [2.45, 2.75) is 39.7 Å². The normalized spacial score (nSPS) is 19.6. The number of amides is 1. The van der Waals surface area contributed by atoms with E-state index in [1.165, 1.54) is 6.92 Å². The summed E-state index contributed by atoms with van der Waals surface area (Å²) >= 11 is 0. The van der Waals surface area contributed by atoms with Gasteiger partial charge in [0.25, 0.3) is 5.91 Å². The molecule has 1 aromatic rings. The molecule has 5 heteroatoms. The number of ketones is 1. The van der Waals surface area contributed by atoms with Crippen molar-refractivity contribution in [3.8, 4) is 0 Å². The summed E-state index contributed by atoms with van der Waals surface area (Å²) in [5.41, 5.74) is 8.56. The second-order valence-electron chi connectivity index (χ2n) is 5.33. The lowest BCUT2D eigenvalue weighted by Gasteiger charge is -2.30. The molecule has 0 radical (unpaired) electrons. The van der Waals surface area contributed by atoms with E-state index in [9.17, 15) is 9.59 Å². The Kier molecular flexibility index (Phi) is 3.75. The number of hydrogen-bond donors (Lipinski definition) is 2. The smallest absolute Gasteiger partial charge is 0.270 e. The third kappa shape index (κ3) is 2.56. The van der Waals surface area contributed by atoms with Gasteiger partial charge in [0.15, 0.2) is 5.78 Å². The zero-order valence-corrected chi connectivity index (χ0v) is 11.7. The minimum atomic E-state index is -0.0525. The predicted octanol–water partition coefficient (Wildman–Crippen LogP) is 1.40. The van der Waals surface area contributed by atoms with Gasteiger partial charge in [-0.15, -0.1) is 0 Å². The van der Waals surface area contributed by atoms with Crippen LogP contribution in [-0.4, -0.2) is 40.7 Å². The van der Waals surface area contributed by atoms with Gasteiger partial charge in [-0.25, -0.2) is 0 Å². The van der Waals surface area contributed by atoms with E-state index in [1.54, 1.807) is 4.90 Å². The maximum absolute atomic E-state index is 12.5. The first-order chi connectivity index (χ1) is 8.91. The van der Waals surface area contributed by atoms with Crippen molar-refractivity contribution in [3.05, 3.63) is 22.5 Å². The highest BCUT2D eigenvalue weighted by molar-refractivity contribution is 6.02. The summed E-state index contributed by atoms with van der Waals surface area (Å²) < 4.78 is 0. The SMILES string of the molecule is CC(=O)c1c(C)[nH]c(C(=O)N2CCCC(N)C2)c1C. The zero-order valence-electron chi connectivity index (χ0n) is 11.7. The van der Waals surface area contributed by atoms with Crippen LogP contribution in [0.1, 0.15) is 51.9 Å². The lowest BCUT2D eigenvalue weighted by atomic mass is 10.0. The van der Waals surface area contributed by atoms with Crippen molar-refractivity contribution in [2.75, 3.05) is 13.1 Å². The van der Waals surface area contributed by atoms with Crippen LogP contribution in [0.4, 0.5) is 0 Å². The van der Waals surface area contributed by atoms with E-state index in [2.05, 4.69) is 4.98 Å². The maximum Gasteiger partial charge on any atom is 0.270 e. The van der Waals surface area contributed by atoms with E-state index in [1.807, 2.05) is 13.8 Å². The Hall–Kier alpha value is -1.62. The number of carbonyl (C=O) groups is 2. The number of Topliss-reactive ketones (excluding diaryl/α,β-unsaturated/α-hetero) is 1. The lowest BCUT2D eigenvalue weighted by molar-refractivity contribution is 0.0702. The maximum atomic E-state index is 12.5. The van der Waals surface area contributed by atoms with E-state index in [4.69, 9.17) is 5.73 Å². The number of nitrogens with zero attached hydrogens (tertiary/aromatic N) is 1. The van der Waals surface area contributed by atoms with Crippen LogP contribution in [0.2, 0.25) is 0 Å². The lowest BCUT2D eigenvalue weighted by Crippen LogP contribution is -2.46. The highest BCUT2D eigenvalue weighted by Gasteiger charge is 2.26. The monoisotopic (exact) mass is 263 g/mol. The van der Waals surface area contributed by atoms with Gasteiger partial charge < -0.3 is 15.6 Å². The molecular weight excluding hydrogens is 242 g/mol. The van der Waals surface area contributed by atoms with E-state index in [0.717, 1.165) is 30.6 Å². The second-order valence-corrected chi connectivity index (χ2v) is 5.33. The Balaban J connectivity index is 2.29. The highest BCUT2D eigenvalue weighted by atomic mass is 16.2. The molecule has 1 unspecified atom stereocenters. The minimum Gasteiger partial charge on any atom is -0.354 e. The van der Waals surface area contributed by atoms with Gasteiger partial charge in [-0.2, -0.15) is 0 Å². The Morgan fingerprint density at radius 2 is 2.05 bits per heavy atom. The first kappa shape index (κ1) is 13.8. The van der Waals surface area contributed by atoms with Gasteiger partial charge in [0.2, 0.25) is 0 Å². The molecule has 1 fully saturated rings. The molecule has 104 valence electrons. The van der Waals surface area contributed by atoms with Gasteiger partial charge in [-0.1, -0.05) is 0 Å². The number of aromatic nitrogens is 1. The van der Waals surface area contributed by atoms with Gasteiger partial charge in [0.1, 0.15) is 5.69 Å². The zero-order chi connectivity index (χ0) is 14.2. The van der Waals surface area contributed by atoms with E-state index in [0.29, 0.717) is 17.8 Å². The Morgan fingerprint density at radius 3 is 2.58 bits per heavy atom. The van der Waals surface area contributed by atoms with E-state index < -0.39 is 0 Å². The van der Waals surface area contributed by atoms with Crippen molar-refractivity contribution >= 4 is 11.7 Å². The van der Waals surface area contributed by atoms with Gasteiger partial charge in [0.05, 0.1) is 0 Å². The fraction of sp³-hybridized carbons (Fsp3) is 0.571. The van der Waals surface area contributed by atoms with Crippen molar-refractivity contribution in [3.63, 3.8) is 0 Å². The summed E-state index contributed by atoms with van der Waals surface area (Å²) in [4.78, 5) is 28.9. The number of carbonyl (C=O) groups excluding carboxylic acids is 2. The van der Waals surface area contributed by atoms with Gasteiger partial charge >= 0.3 is 0 Å². The molecule has 2 heterocycles.